The third-order valence-corrected chi connectivity index (χ3v) is 3.11. The summed E-state index contributed by atoms with van der Waals surface area (Å²) in [5, 5.41) is 0. The molecule has 1 heterocycles. The van der Waals surface area contributed by atoms with Crippen LogP contribution in [0, 0.1) is 0 Å². The first-order valence-electron chi connectivity index (χ1n) is 5.32. The highest BCUT2D eigenvalue weighted by Gasteiger charge is 2.21. The number of nitrogens with zero attached hydrogens (tertiary/aromatic N) is 1. The Hall–Kier alpha value is -0.570. The Kier molecular flexibility index (Phi) is 4.01. The highest BCUT2D eigenvalue weighted by molar-refractivity contribution is 6.18. The quantitative estimate of drug-likeness (QED) is 0.731. The maximum atomic E-state index is 5.92. The second kappa shape index (κ2) is 5.50. The number of halogens is 1. The van der Waals surface area contributed by atoms with Gasteiger partial charge in [0.15, 0.2) is 0 Å². The molecule has 3 heteroatoms. The predicted molar refractivity (Wildman–Crippen MR) is 62.2 cm³/mol. The van der Waals surface area contributed by atoms with E-state index in [-0.39, 0.29) is 0 Å². The summed E-state index contributed by atoms with van der Waals surface area (Å²) < 4.78 is 5.41. The molecular formula is C12H16ClNO. The Morgan fingerprint density at radius 1 is 1.33 bits per heavy atom. The lowest BCUT2D eigenvalue weighted by Gasteiger charge is -2.34. The highest BCUT2D eigenvalue weighted by atomic mass is 35.5. The average Bonchev–Trinajstić information content (AvgIpc) is 2.31. The van der Waals surface area contributed by atoms with E-state index in [1.54, 1.807) is 0 Å². The molecule has 0 amide bonds. The number of morpholine rings is 1. The number of hydrogen-bond donors (Lipinski definition) is 0. The van der Waals surface area contributed by atoms with E-state index in [1.165, 1.54) is 5.56 Å². The molecule has 15 heavy (non-hydrogen) atoms. The Morgan fingerprint density at radius 3 is 2.87 bits per heavy atom. The van der Waals surface area contributed by atoms with Crippen LogP contribution < -0.4 is 0 Å². The van der Waals surface area contributed by atoms with E-state index in [2.05, 4.69) is 29.2 Å². The first-order chi connectivity index (χ1) is 7.40. The standard InChI is InChI=1S/C12H16ClNO/c13-8-12-10-15-7-6-14(12)9-11-4-2-1-3-5-11/h1-5,12H,6-10H2. The van der Waals surface area contributed by atoms with Gasteiger partial charge in [0.25, 0.3) is 0 Å². The maximum absolute atomic E-state index is 5.92. The molecule has 0 bridgehead atoms. The zero-order valence-electron chi connectivity index (χ0n) is 8.73. The van der Waals surface area contributed by atoms with Crippen LogP contribution in [-0.2, 0) is 11.3 Å². The van der Waals surface area contributed by atoms with E-state index < -0.39 is 0 Å². The molecule has 1 saturated heterocycles. The number of alkyl halides is 1. The van der Waals surface area contributed by atoms with Gasteiger partial charge >= 0.3 is 0 Å². The fourth-order valence-corrected chi connectivity index (χ4v) is 2.14. The van der Waals surface area contributed by atoms with Crippen LogP contribution in [0.2, 0.25) is 0 Å². The van der Waals surface area contributed by atoms with Gasteiger partial charge in [-0.15, -0.1) is 11.6 Å². The van der Waals surface area contributed by atoms with E-state index >= 15 is 0 Å². The van der Waals surface area contributed by atoms with Gasteiger partial charge < -0.3 is 4.74 Å². The Morgan fingerprint density at radius 2 is 2.13 bits per heavy atom. The van der Waals surface area contributed by atoms with Crippen molar-refractivity contribution in [1.82, 2.24) is 4.90 Å². The van der Waals surface area contributed by atoms with Crippen molar-refractivity contribution >= 4 is 11.6 Å². The average molecular weight is 226 g/mol. The van der Waals surface area contributed by atoms with Crippen molar-refractivity contribution in [2.24, 2.45) is 0 Å². The summed E-state index contributed by atoms with van der Waals surface area (Å²) in [7, 11) is 0. The van der Waals surface area contributed by atoms with Crippen LogP contribution >= 0.6 is 11.6 Å². The minimum atomic E-state index is 0.362. The van der Waals surface area contributed by atoms with Crippen molar-refractivity contribution in [3.05, 3.63) is 35.9 Å². The molecule has 0 aliphatic carbocycles. The SMILES string of the molecule is ClCC1COCCN1Cc1ccccc1. The molecule has 1 fully saturated rings. The molecule has 0 radical (unpaired) electrons. The first-order valence-corrected chi connectivity index (χ1v) is 5.85. The minimum Gasteiger partial charge on any atom is -0.378 e. The van der Waals surface area contributed by atoms with Crippen LogP contribution in [0.3, 0.4) is 0 Å². The molecule has 0 N–H and O–H groups in total. The molecule has 2 rings (SSSR count). The molecule has 0 aromatic heterocycles. The van der Waals surface area contributed by atoms with Gasteiger partial charge in [-0.3, -0.25) is 4.90 Å². The van der Waals surface area contributed by atoms with Gasteiger partial charge in [0.1, 0.15) is 0 Å². The van der Waals surface area contributed by atoms with Crippen molar-refractivity contribution < 1.29 is 4.74 Å². The Bertz CT molecular complexity index is 291. The molecule has 82 valence electrons. The van der Waals surface area contributed by atoms with Gasteiger partial charge in [-0.1, -0.05) is 30.3 Å². The van der Waals surface area contributed by atoms with E-state index in [1.807, 2.05) is 6.07 Å². The van der Waals surface area contributed by atoms with E-state index in [9.17, 15) is 0 Å². The largest absolute Gasteiger partial charge is 0.378 e. The fourth-order valence-electron chi connectivity index (χ4n) is 1.86. The van der Waals surface area contributed by atoms with E-state index in [0.29, 0.717) is 11.9 Å². The zero-order valence-corrected chi connectivity index (χ0v) is 9.49. The molecule has 0 saturated carbocycles. The highest BCUT2D eigenvalue weighted by Crippen LogP contribution is 2.13. The van der Waals surface area contributed by atoms with Gasteiger partial charge in [-0.05, 0) is 5.56 Å². The van der Waals surface area contributed by atoms with Crippen molar-refractivity contribution in [3.8, 4) is 0 Å². The lowest BCUT2D eigenvalue weighted by atomic mass is 10.1. The molecule has 1 unspecified atom stereocenters. The second-order valence-electron chi connectivity index (χ2n) is 3.84. The van der Waals surface area contributed by atoms with Crippen molar-refractivity contribution in [3.63, 3.8) is 0 Å². The number of benzene rings is 1. The van der Waals surface area contributed by atoms with Crippen LogP contribution in [0.1, 0.15) is 5.56 Å². The minimum absolute atomic E-state index is 0.362. The van der Waals surface area contributed by atoms with Gasteiger partial charge in [0, 0.05) is 25.0 Å². The number of rotatable bonds is 3. The van der Waals surface area contributed by atoms with Crippen LogP contribution in [-0.4, -0.2) is 36.6 Å². The van der Waals surface area contributed by atoms with Crippen LogP contribution in [0.25, 0.3) is 0 Å². The summed E-state index contributed by atoms with van der Waals surface area (Å²) in [4.78, 5) is 2.39. The summed E-state index contributed by atoms with van der Waals surface area (Å²) in [6.07, 6.45) is 0. The monoisotopic (exact) mass is 225 g/mol. The predicted octanol–water partition coefficient (Wildman–Crippen LogP) is 2.13. The van der Waals surface area contributed by atoms with E-state index in [0.717, 1.165) is 26.3 Å². The van der Waals surface area contributed by atoms with E-state index in [4.69, 9.17) is 16.3 Å². The summed E-state index contributed by atoms with van der Waals surface area (Å²) >= 11 is 5.92. The molecule has 1 aromatic rings. The van der Waals surface area contributed by atoms with Gasteiger partial charge in [0.2, 0.25) is 0 Å². The Balaban J connectivity index is 1.97. The van der Waals surface area contributed by atoms with Gasteiger partial charge in [0.05, 0.1) is 13.2 Å². The topological polar surface area (TPSA) is 12.5 Å². The molecule has 1 aromatic carbocycles. The van der Waals surface area contributed by atoms with Crippen LogP contribution in [0.15, 0.2) is 30.3 Å². The summed E-state index contributed by atoms with van der Waals surface area (Å²) in [5.74, 6) is 0.646. The maximum Gasteiger partial charge on any atom is 0.0634 e. The van der Waals surface area contributed by atoms with Crippen molar-refractivity contribution in [2.45, 2.75) is 12.6 Å². The van der Waals surface area contributed by atoms with Crippen molar-refractivity contribution in [2.75, 3.05) is 25.6 Å². The summed E-state index contributed by atoms with van der Waals surface area (Å²) in [6.45, 7) is 3.53. The summed E-state index contributed by atoms with van der Waals surface area (Å²) in [5.41, 5.74) is 1.34. The number of ether oxygens (including phenoxy) is 1. The Labute approximate surface area is 95.8 Å². The third kappa shape index (κ3) is 2.94. The molecular weight excluding hydrogens is 210 g/mol. The molecule has 2 nitrogen and oxygen atoms in total. The van der Waals surface area contributed by atoms with Crippen LogP contribution in [0.5, 0.6) is 0 Å². The van der Waals surface area contributed by atoms with Crippen LogP contribution in [0.4, 0.5) is 0 Å². The molecule has 0 spiro atoms. The van der Waals surface area contributed by atoms with Gasteiger partial charge in [-0.25, -0.2) is 0 Å². The zero-order chi connectivity index (χ0) is 10.5. The molecule has 1 aliphatic rings. The smallest absolute Gasteiger partial charge is 0.0634 e. The summed E-state index contributed by atoms with van der Waals surface area (Å²) in [6, 6.07) is 10.9. The first kappa shape index (κ1) is 10.9. The third-order valence-electron chi connectivity index (χ3n) is 2.76. The number of hydrogen-bond acceptors (Lipinski definition) is 2. The second-order valence-corrected chi connectivity index (χ2v) is 4.15. The normalized spacial score (nSPS) is 22.9. The molecule has 1 atom stereocenters. The van der Waals surface area contributed by atoms with Gasteiger partial charge in [-0.2, -0.15) is 0 Å². The molecule has 1 aliphatic heterocycles. The lowest BCUT2D eigenvalue weighted by molar-refractivity contribution is -0.00303. The van der Waals surface area contributed by atoms with Crippen molar-refractivity contribution in [1.29, 1.82) is 0 Å². The lowest BCUT2D eigenvalue weighted by Crippen LogP contribution is -2.45. The fraction of sp³-hybridized carbons (Fsp3) is 0.500.